The number of piperidine rings is 1. The van der Waals surface area contributed by atoms with Gasteiger partial charge in [0.05, 0.1) is 24.4 Å². The molecule has 1 aliphatic carbocycles. The standard InChI is InChI=1S/C46H73FN2O11/c1-11-18-48-33-17-16-31(24-37(33)56-8)20-28(5)41-30(7)35(50)25-36(51)32(12-2)21-26(3)40(47)27(4)22-38(57-9)42-39(58-10)23-29(6)46(55,60-42)43(52)44(53)49-19-14-13-15-34(49)45(54)59-41/h11,20-21,27,29-35,37-42,48,50,55H,1,12-19,22-25H2,2-10H3/b26-21+,28-20?. The van der Waals surface area contributed by atoms with Crippen molar-refractivity contribution in [2.45, 2.75) is 166 Å². The van der Waals surface area contributed by atoms with Crippen molar-refractivity contribution in [1.29, 1.82) is 0 Å². The second kappa shape index (κ2) is 22.5. The molecule has 2 saturated heterocycles. The lowest BCUT2D eigenvalue weighted by atomic mass is 9.80. The van der Waals surface area contributed by atoms with E-state index in [4.69, 9.17) is 23.7 Å². The Morgan fingerprint density at radius 1 is 1.02 bits per heavy atom. The van der Waals surface area contributed by atoms with Crippen molar-refractivity contribution in [1.82, 2.24) is 10.2 Å². The summed E-state index contributed by atoms with van der Waals surface area (Å²) in [6, 6.07) is -1.02. The molecule has 3 fully saturated rings. The highest BCUT2D eigenvalue weighted by Gasteiger charge is 2.57. The average molecular weight is 849 g/mol. The second-order valence-corrected chi connectivity index (χ2v) is 17.9. The number of alkyl halides is 1. The average Bonchev–Trinajstić information content (AvgIpc) is 3.24. The van der Waals surface area contributed by atoms with Crippen molar-refractivity contribution in [3.63, 3.8) is 0 Å². The van der Waals surface area contributed by atoms with Crippen LogP contribution in [0.4, 0.5) is 4.39 Å². The van der Waals surface area contributed by atoms with Crippen molar-refractivity contribution in [2.24, 2.45) is 29.6 Å². The summed E-state index contributed by atoms with van der Waals surface area (Å²) in [6.07, 6.45) is 3.08. The number of aliphatic hydroxyl groups is 2. The van der Waals surface area contributed by atoms with Gasteiger partial charge in [0.25, 0.3) is 11.7 Å². The van der Waals surface area contributed by atoms with Gasteiger partial charge in [0, 0.05) is 64.6 Å². The van der Waals surface area contributed by atoms with Crippen LogP contribution in [0, 0.1) is 29.6 Å². The van der Waals surface area contributed by atoms with Gasteiger partial charge < -0.3 is 44.1 Å². The number of rotatable bonds is 9. The van der Waals surface area contributed by atoms with Crippen molar-refractivity contribution < 1.29 is 57.5 Å². The van der Waals surface area contributed by atoms with Crippen LogP contribution in [0.1, 0.15) is 106 Å². The van der Waals surface area contributed by atoms with E-state index >= 15 is 4.39 Å². The van der Waals surface area contributed by atoms with Crippen molar-refractivity contribution in [2.75, 3.05) is 34.4 Å². The van der Waals surface area contributed by atoms with Crippen LogP contribution in [0.25, 0.3) is 0 Å². The number of amides is 1. The molecule has 15 unspecified atom stereocenters. The zero-order valence-electron chi connectivity index (χ0n) is 37.4. The van der Waals surface area contributed by atoms with Crippen LogP contribution in [0.5, 0.6) is 0 Å². The van der Waals surface area contributed by atoms with E-state index in [0.29, 0.717) is 43.4 Å². The van der Waals surface area contributed by atoms with E-state index in [9.17, 15) is 29.4 Å². The Hall–Kier alpha value is -2.85. The third-order valence-electron chi connectivity index (χ3n) is 13.7. The quantitative estimate of drug-likeness (QED) is 0.158. The van der Waals surface area contributed by atoms with Gasteiger partial charge in [0.2, 0.25) is 5.79 Å². The summed E-state index contributed by atoms with van der Waals surface area (Å²) < 4.78 is 46.2. The second-order valence-electron chi connectivity index (χ2n) is 17.9. The summed E-state index contributed by atoms with van der Waals surface area (Å²) >= 11 is 0. The number of fused-ring (bicyclic) bond motifs is 3. The highest BCUT2D eigenvalue weighted by molar-refractivity contribution is 6.39. The number of nitrogens with zero attached hydrogens (tertiary/aromatic N) is 1. The number of halogens is 1. The Balaban J connectivity index is 1.77. The number of cyclic esters (lactones) is 1. The van der Waals surface area contributed by atoms with Gasteiger partial charge in [0.1, 0.15) is 30.2 Å². The van der Waals surface area contributed by atoms with E-state index in [1.54, 1.807) is 40.9 Å². The molecule has 0 aromatic rings. The highest BCUT2D eigenvalue weighted by Crippen LogP contribution is 2.39. The van der Waals surface area contributed by atoms with Crippen LogP contribution >= 0.6 is 0 Å². The molecule has 3 heterocycles. The Morgan fingerprint density at radius 2 is 1.68 bits per heavy atom. The van der Waals surface area contributed by atoms with E-state index < -0.39 is 89.9 Å². The zero-order valence-corrected chi connectivity index (χ0v) is 37.4. The predicted molar refractivity (Wildman–Crippen MR) is 224 cm³/mol. The number of hydrogen-bond donors (Lipinski definition) is 3. The van der Waals surface area contributed by atoms with Crippen molar-refractivity contribution in [3.8, 4) is 0 Å². The molecule has 2 bridgehead atoms. The van der Waals surface area contributed by atoms with E-state index in [1.165, 1.54) is 14.2 Å². The van der Waals surface area contributed by atoms with Gasteiger partial charge in [0.15, 0.2) is 0 Å². The molecule has 1 saturated carbocycles. The number of allylic oxidation sites excluding steroid dienone is 3. The number of carbonyl (C=O) groups excluding carboxylic acids is 4. The van der Waals surface area contributed by atoms with E-state index in [0.717, 1.165) is 17.7 Å². The molecule has 340 valence electrons. The van der Waals surface area contributed by atoms with Gasteiger partial charge in [-0.15, -0.1) is 6.58 Å². The lowest BCUT2D eigenvalue weighted by molar-refractivity contribution is -0.302. The minimum atomic E-state index is -2.60. The smallest absolute Gasteiger partial charge is 0.329 e. The first kappa shape index (κ1) is 49.8. The van der Waals surface area contributed by atoms with E-state index in [-0.39, 0.29) is 56.1 Å². The number of esters is 1. The third kappa shape index (κ3) is 11.6. The Kier molecular flexibility index (Phi) is 18.7. The monoisotopic (exact) mass is 849 g/mol. The van der Waals surface area contributed by atoms with Gasteiger partial charge >= 0.3 is 5.97 Å². The first-order chi connectivity index (χ1) is 28.4. The minimum Gasteiger partial charge on any atom is -0.456 e. The van der Waals surface area contributed by atoms with Gasteiger partial charge in [-0.3, -0.25) is 14.4 Å². The Labute approximate surface area is 356 Å². The summed E-state index contributed by atoms with van der Waals surface area (Å²) in [5.41, 5.74) is 1.01. The molecular formula is C46H73FN2O11. The van der Waals surface area contributed by atoms with Crippen molar-refractivity contribution >= 4 is 23.4 Å². The van der Waals surface area contributed by atoms with E-state index in [1.807, 2.05) is 26.0 Å². The number of carbonyl (C=O) groups is 4. The van der Waals surface area contributed by atoms with Gasteiger partial charge in [-0.05, 0) is 94.6 Å². The van der Waals surface area contributed by atoms with Crippen LogP contribution in [-0.2, 0) is 42.9 Å². The summed E-state index contributed by atoms with van der Waals surface area (Å²) in [4.78, 5) is 57.9. The zero-order chi connectivity index (χ0) is 44.5. The van der Waals surface area contributed by atoms with Gasteiger partial charge in [-0.2, -0.15) is 0 Å². The molecule has 0 aromatic carbocycles. The number of nitrogens with one attached hydrogen (secondary N) is 1. The molecule has 60 heavy (non-hydrogen) atoms. The maximum Gasteiger partial charge on any atom is 0.329 e. The fourth-order valence-electron chi connectivity index (χ4n) is 9.79. The number of hydrogen-bond acceptors (Lipinski definition) is 12. The molecule has 13 nitrogen and oxygen atoms in total. The number of methoxy groups -OCH3 is 3. The number of ketones is 2. The summed E-state index contributed by atoms with van der Waals surface area (Å²) in [5.74, 6) is -8.88. The maximum absolute atomic E-state index is 16.3. The third-order valence-corrected chi connectivity index (χ3v) is 13.7. The fraction of sp³-hybridized carbons (Fsp3) is 0.783. The molecule has 0 radical (unpaired) electrons. The molecule has 0 spiro atoms. The van der Waals surface area contributed by atoms with E-state index in [2.05, 4.69) is 11.9 Å². The molecule has 14 heteroatoms. The maximum atomic E-state index is 16.3. The van der Waals surface area contributed by atoms with Crippen LogP contribution in [0.15, 0.2) is 36.0 Å². The van der Waals surface area contributed by atoms with Gasteiger partial charge in [-0.1, -0.05) is 45.9 Å². The summed E-state index contributed by atoms with van der Waals surface area (Å²) in [7, 11) is 4.57. The van der Waals surface area contributed by atoms with Crippen LogP contribution in [0.3, 0.4) is 0 Å². The molecular weight excluding hydrogens is 776 g/mol. The molecule has 3 N–H and O–H groups in total. The number of ether oxygens (including phenoxy) is 5. The highest BCUT2D eigenvalue weighted by atomic mass is 19.1. The number of aliphatic hydroxyl groups excluding tert-OH is 1. The molecule has 3 aliphatic heterocycles. The van der Waals surface area contributed by atoms with Gasteiger partial charge in [-0.25, -0.2) is 9.18 Å². The Morgan fingerprint density at radius 3 is 2.32 bits per heavy atom. The molecule has 4 rings (SSSR count). The fourth-order valence-corrected chi connectivity index (χ4v) is 9.79. The molecule has 15 atom stereocenters. The summed E-state index contributed by atoms with van der Waals surface area (Å²) in [6.45, 7) is 14.8. The largest absolute Gasteiger partial charge is 0.456 e. The van der Waals surface area contributed by atoms with Crippen molar-refractivity contribution in [3.05, 3.63) is 36.0 Å². The minimum absolute atomic E-state index is 0.0583. The predicted octanol–water partition coefficient (Wildman–Crippen LogP) is 5.20. The first-order valence-electron chi connectivity index (χ1n) is 22.1. The normalized spacial score (nSPS) is 40.8. The first-order valence-corrected chi connectivity index (χ1v) is 22.1. The topological polar surface area (TPSA) is 170 Å². The Bertz CT molecular complexity index is 1560. The number of Topliss-reactive ketones (excluding diaryl/α,β-unsaturated/α-hetero) is 2. The lowest BCUT2D eigenvalue weighted by Gasteiger charge is -2.47. The molecule has 1 amide bonds. The molecule has 0 aromatic heterocycles. The lowest BCUT2D eigenvalue weighted by Crippen LogP contribution is -2.64. The van der Waals surface area contributed by atoms with Crippen LogP contribution in [-0.4, -0.2) is 134 Å². The SMILES string of the molecule is C=CCNC1CCC(C=C(C)C2OC(=O)C3CCCCN3C(=O)C(=O)C3(O)OC(C(OC)CC(C)C(F)/C(C)=C/C(CC)C(=O)CC(O)C2C)C(OC)CC3C)CC1OC. The summed E-state index contributed by atoms with van der Waals surface area (Å²) in [5, 5.41) is 27.2. The van der Waals surface area contributed by atoms with Crippen LogP contribution < -0.4 is 5.32 Å². The van der Waals surface area contributed by atoms with Crippen LogP contribution in [0.2, 0.25) is 0 Å². The molecule has 4 aliphatic rings.